The van der Waals surface area contributed by atoms with Gasteiger partial charge in [0.2, 0.25) is 0 Å². The molecule has 0 saturated heterocycles. The van der Waals surface area contributed by atoms with E-state index >= 15 is 0 Å². The summed E-state index contributed by atoms with van der Waals surface area (Å²) in [5.74, 6) is 0. The first kappa shape index (κ1) is 21.7. The molecule has 1 radical (unpaired) electrons. The van der Waals surface area contributed by atoms with Gasteiger partial charge in [0, 0.05) is 6.42 Å². The fourth-order valence-corrected chi connectivity index (χ4v) is 4.71. The predicted octanol–water partition coefficient (Wildman–Crippen LogP) is 9.20. The van der Waals surface area contributed by atoms with Crippen LogP contribution in [0, 0.1) is 6.42 Å². The van der Waals surface area contributed by atoms with Crippen LogP contribution in [0.3, 0.4) is 0 Å². The minimum absolute atomic E-state index is 0.177. The molecule has 165 valence electrons. The zero-order chi connectivity index (χ0) is 23.4. The molecule has 0 heterocycles. The highest BCUT2D eigenvalue weighted by molar-refractivity contribution is 5.86. The van der Waals surface area contributed by atoms with Gasteiger partial charge in [-0.2, -0.15) is 0 Å². The lowest BCUT2D eigenvalue weighted by atomic mass is 9.86. The van der Waals surface area contributed by atoms with Crippen molar-refractivity contribution in [3.63, 3.8) is 0 Å². The molecule has 1 aliphatic carbocycles. The van der Waals surface area contributed by atoms with E-state index in [0.29, 0.717) is 0 Å². The fourth-order valence-electron chi connectivity index (χ4n) is 4.71. The lowest BCUT2D eigenvalue weighted by molar-refractivity contribution is 0.590. The Kier molecular flexibility index (Phi) is 5.09. The standard InChI is InChI=1S/C33H33/c1-32(2,3)28-13-7-22(8-14-28)24-11-17-30-26(19-24)21-27-20-25(12-18-31(27)30)23-9-15-29(16-10-23)33(4,5)6/h7-21H,1-6H3. The number of fused-ring (bicyclic) bond motifs is 3. The summed E-state index contributed by atoms with van der Waals surface area (Å²) in [5.41, 5.74) is 13.5. The highest BCUT2D eigenvalue weighted by Crippen LogP contribution is 2.41. The van der Waals surface area contributed by atoms with Crippen LogP contribution in [0.5, 0.6) is 0 Å². The summed E-state index contributed by atoms with van der Waals surface area (Å²) in [5, 5.41) is 0. The third kappa shape index (κ3) is 4.15. The zero-order valence-electron chi connectivity index (χ0n) is 20.7. The Bertz CT molecular complexity index is 1200. The molecule has 0 atom stereocenters. The lowest BCUT2D eigenvalue weighted by Gasteiger charge is -2.19. The summed E-state index contributed by atoms with van der Waals surface area (Å²) in [6.45, 7) is 13.6. The Hall–Kier alpha value is -3.12. The predicted molar refractivity (Wildman–Crippen MR) is 143 cm³/mol. The molecule has 0 fully saturated rings. The van der Waals surface area contributed by atoms with Crippen LogP contribution in [0.15, 0.2) is 84.9 Å². The first-order valence-electron chi connectivity index (χ1n) is 11.9. The largest absolute Gasteiger partial charge is 0.0579 e. The maximum absolute atomic E-state index is 2.34. The molecule has 4 aromatic rings. The first-order valence-corrected chi connectivity index (χ1v) is 11.9. The second kappa shape index (κ2) is 7.73. The molecule has 1 aliphatic rings. The SMILES string of the molecule is CC(C)(C)c1ccc(-c2ccc3c(c2)[CH]c2cc(-c4ccc(C(C)(C)C)cc4)ccc2-3)cc1. The van der Waals surface area contributed by atoms with Crippen LogP contribution in [0.25, 0.3) is 33.4 Å². The smallest absolute Gasteiger partial charge is 0.0212 e. The summed E-state index contributed by atoms with van der Waals surface area (Å²) in [6.07, 6.45) is 2.34. The molecule has 0 N–H and O–H groups in total. The van der Waals surface area contributed by atoms with Crippen molar-refractivity contribution >= 4 is 0 Å². The van der Waals surface area contributed by atoms with Gasteiger partial charge in [-0.3, -0.25) is 0 Å². The van der Waals surface area contributed by atoms with Crippen LogP contribution in [0.4, 0.5) is 0 Å². The number of benzene rings is 4. The molecule has 0 nitrogen and oxygen atoms in total. The Morgan fingerprint density at radius 3 is 1.06 bits per heavy atom. The molecule has 0 unspecified atom stereocenters. The Morgan fingerprint density at radius 2 is 0.727 bits per heavy atom. The van der Waals surface area contributed by atoms with Gasteiger partial charge in [-0.25, -0.2) is 0 Å². The van der Waals surface area contributed by atoms with Crippen LogP contribution in [0.2, 0.25) is 0 Å². The van der Waals surface area contributed by atoms with E-state index in [1.807, 2.05) is 0 Å². The molecule has 0 heteroatoms. The molecule has 5 rings (SSSR count). The number of hydrogen-bond donors (Lipinski definition) is 0. The molecule has 0 aromatic heterocycles. The molecule has 0 aliphatic heterocycles. The van der Waals surface area contributed by atoms with Crippen molar-refractivity contribution in [3.05, 3.63) is 114 Å². The van der Waals surface area contributed by atoms with Crippen LogP contribution in [-0.4, -0.2) is 0 Å². The van der Waals surface area contributed by atoms with Crippen molar-refractivity contribution in [2.24, 2.45) is 0 Å². The maximum atomic E-state index is 2.34. The average Bonchev–Trinajstić information content (AvgIpc) is 3.15. The monoisotopic (exact) mass is 429 g/mol. The lowest BCUT2D eigenvalue weighted by Crippen LogP contribution is -2.10. The third-order valence-corrected chi connectivity index (χ3v) is 6.87. The molecule has 0 bridgehead atoms. The van der Waals surface area contributed by atoms with E-state index in [9.17, 15) is 0 Å². The minimum Gasteiger partial charge on any atom is -0.0579 e. The normalized spacial score (nSPS) is 13.0. The third-order valence-electron chi connectivity index (χ3n) is 6.87. The van der Waals surface area contributed by atoms with E-state index in [0.717, 1.165) is 0 Å². The molecule has 0 amide bonds. The van der Waals surface area contributed by atoms with Crippen molar-refractivity contribution in [3.8, 4) is 33.4 Å². The topological polar surface area (TPSA) is 0 Å². The molecule has 0 spiro atoms. The second-order valence-electron chi connectivity index (χ2n) is 11.4. The zero-order valence-corrected chi connectivity index (χ0v) is 20.7. The average molecular weight is 430 g/mol. The summed E-state index contributed by atoms with van der Waals surface area (Å²) >= 11 is 0. The van der Waals surface area contributed by atoms with Gasteiger partial charge < -0.3 is 0 Å². The van der Waals surface area contributed by atoms with Crippen LogP contribution in [0.1, 0.15) is 63.8 Å². The highest BCUT2D eigenvalue weighted by Gasteiger charge is 2.21. The van der Waals surface area contributed by atoms with Gasteiger partial charge >= 0.3 is 0 Å². The number of hydrogen-bond acceptors (Lipinski definition) is 0. The van der Waals surface area contributed by atoms with E-state index < -0.39 is 0 Å². The van der Waals surface area contributed by atoms with Gasteiger partial charge in [-0.1, -0.05) is 114 Å². The highest BCUT2D eigenvalue weighted by atomic mass is 14.2. The molecule has 4 aromatic carbocycles. The van der Waals surface area contributed by atoms with Crippen LogP contribution >= 0.6 is 0 Å². The quantitative estimate of drug-likeness (QED) is 0.262. The van der Waals surface area contributed by atoms with Gasteiger partial charge in [-0.05, 0) is 78.6 Å². The number of rotatable bonds is 2. The molecular formula is C33H33. The molecule has 0 saturated carbocycles. The maximum Gasteiger partial charge on any atom is 0.0212 e. The van der Waals surface area contributed by atoms with Crippen molar-refractivity contribution in [2.75, 3.05) is 0 Å². The van der Waals surface area contributed by atoms with E-state index in [2.05, 4.69) is 133 Å². The Balaban J connectivity index is 1.42. The van der Waals surface area contributed by atoms with E-state index in [1.165, 1.54) is 55.6 Å². The van der Waals surface area contributed by atoms with Crippen molar-refractivity contribution in [1.82, 2.24) is 0 Å². The second-order valence-corrected chi connectivity index (χ2v) is 11.4. The molecular weight excluding hydrogens is 396 g/mol. The van der Waals surface area contributed by atoms with Gasteiger partial charge in [-0.15, -0.1) is 0 Å². The van der Waals surface area contributed by atoms with Gasteiger partial charge in [0.15, 0.2) is 0 Å². The van der Waals surface area contributed by atoms with E-state index in [4.69, 9.17) is 0 Å². The van der Waals surface area contributed by atoms with E-state index in [1.54, 1.807) is 0 Å². The summed E-state index contributed by atoms with van der Waals surface area (Å²) < 4.78 is 0. The van der Waals surface area contributed by atoms with Gasteiger partial charge in [0.1, 0.15) is 0 Å². The Morgan fingerprint density at radius 1 is 0.394 bits per heavy atom. The van der Waals surface area contributed by atoms with Crippen molar-refractivity contribution in [1.29, 1.82) is 0 Å². The first-order chi connectivity index (χ1) is 15.6. The van der Waals surface area contributed by atoms with Gasteiger partial charge in [0.25, 0.3) is 0 Å². The van der Waals surface area contributed by atoms with Crippen molar-refractivity contribution in [2.45, 2.75) is 52.4 Å². The summed E-state index contributed by atoms with van der Waals surface area (Å²) in [7, 11) is 0. The summed E-state index contributed by atoms with van der Waals surface area (Å²) in [6, 6.07) is 31.8. The van der Waals surface area contributed by atoms with Gasteiger partial charge in [0.05, 0.1) is 0 Å². The van der Waals surface area contributed by atoms with Crippen LogP contribution < -0.4 is 0 Å². The molecule has 33 heavy (non-hydrogen) atoms. The van der Waals surface area contributed by atoms with E-state index in [-0.39, 0.29) is 10.8 Å². The summed E-state index contributed by atoms with van der Waals surface area (Å²) in [4.78, 5) is 0. The fraction of sp³-hybridized carbons (Fsp3) is 0.242. The minimum atomic E-state index is 0.177. The van der Waals surface area contributed by atoms with Crippen molar-refractivity contribution < 1.29 is 0 Å². The Labute approximate surface area is 199 Å². The van der Waals surface area contributed by atoms with Crippen LogP contribution in [-0.2, 0) is 10.8 Å².